The lowest BCUT2D eigenvalue weighted by Gasteiger charge is -2.37. The third kappa shape index (κ3) is 2.80. The molecule has 1 aromatic heterocycles. The molecule has 1 aromatic rings. The average Bonchev–Trinajstić information content (AvgIpc) is 2.95. The Labute approximate surface area is 125 Å². The van der Waals surface area contributed by atoms with Gasteiger partial charge in [-0.1, -0.05) is 6.42 Å². The zero-order valence-electron chi connectivity index (χ0n) is 12.7. The van der Waals surface area contributed by atoms with Gasteiger partial charge in [-0.25, -0.2) is 14.8 Å². The molecule has 0 unspecified atom stereocenters. The van der Waals surface area contributed by atoms with Crippen LogP contribution in [0, 0.1) is 5.92 Å². The second-order valence-corrected chi connectivity index (χ2v) is 6.18. The molecule has 1 N–H and O–H groups in total. The van der Waals surface area contributed by atoms with E-state index in [0.29, 0.717) is 17.6 Å². The van der Waals surface area contributed by atoms with Crippen LogP contribution >= 0.6 is 0 Å². The highest BCUT2D eigenvalue weighted by atomic mass is 16.2. The smallest absolute Gasteiger partial charge is 0.322 e. The highest BCUT2D eigenvalue weighted by Crippen LogP contribution is 2.37. The molecule has 0 aromatic carbocycles. The molecule has 2 heterocycles. The maximum absolute atomic E-state index is 12.6. The van der Waals surface area contributed by atoms with Gasteiger partial charge in [0.05, 0.1) is 6.20 Å². The number of piperidine rings is 1. The van der Waals surface area contributed by atoms with Gasteiger partial charge in [0.25, 0.3) is 0 Å². The van der Waals surface area contributed by atoms with Crippen molar-refractivity contribution < 1.29 is 4.79 Å². The van der Waals surface area contributed by atoms with Crippen molar-refractivity contribution in [2.24, 2.45) is 5.92 Å². The first kappa shape index (κ1) is 14.1. The Morgan fingerprint density at radius 3 is 2.95 bits per heavy atom. The van der Waals surface area contributed by atoms with E-state index in [1.807, 2.05) is 23.9 Å². The number of fused-ring (bicyclic) bond motifs is 1. The Hall–Kier alpha value is -1.85. The molecule has 6 nitrogen and oxygen atoms in total. The first-order chi connectivity index (χ1) is 10.2. The van der Waals surface area contributed by atoms with Crippen LogP contribution in [0.1, 0.15) is 32.1 Å². The molecule has 0 spiro atoms. The quantitative estimate of drug-likeness (QED) is 0.907. The van der Waals surface area contributed by atoms with Gasteiger partial charge in [0.2, 0.25) is 0 Å². The molecular formula is C15H23N5O. The van der Waals surface area contributed by atoms with Crippen molar-refractivity contribution in [1.82, 2.24) is 14.9 Å². The van der Waals surface area contributed by atoms with Crippen LogP contribution < -0.4 is 10.2 Å². The summed E-state index contributed by atoms with van der Waals surface area (Å²) in [6.45, 7) is 0.859. The lowest BCUT2D eigenvalue weighted by Crippen LogP contribution is -2.48. The van der Waals surface area contributed by atoms with E-state index >= 15 is 0 Å². The maximum Gasteiger partial charge on any atom is 0.322 e. The van der Waals surface area contributed by atoms with E-state index in [2.05, 4.69) is 15.3 Å². The largest absolute Gasteiger partial charge is 0.361 e. The Bertz CT molecular complexity index is 519. The molecule has 1 aliphatic heterocycles. The molecule has 0 radical (unpaired) electrons. The summed E-state index contributed by atoms with van der Waals surface area (Å²) in [5, 5.41) is 2.99. The van der Waals surface area contributed by atoms with E-state index < -0.39 is 0 Å². The van der Waals surface area contributed by atoms with Gasteiger partial charge in [0, 0.05) is 26.7 Å². The van der Waals surface area contributed by atoms with Crippen LogP contribution in [0.5, 0.6) is 0 Å². The summed E-state index contributed by atoms with van der Waals surface area (Å²) in [7, 11) is 3.82. The zero-order chi connectivity index (χ0) is 14.8. The molecule has 1 aliphatic carbocycles. The summed E-state index contributed by atoms with van der Waals surface area (Å²) >= 11 is 0. The van der Waals surface area contributed by atoms with Crippen molar-refractivity contribution in [3.63, 3.8) is 0 Å². The van der Waals surface area contributed by atoms with Gasteiger partial charge in [-0.05, 0) is 31.6 Å². The Balaban J connectivity index is 1.74. The molecule has 114 valence electrons. The minimum absolute atomic E-state index is 0.00972. The summed E-state index contributed by atoms with van der Waals surface area (Å²) in [4.78, 5) is 24.8. The third-order valence-corrected chi connectivity index (χ3v) is 4.61. The molecule has 3 rings (SSSR count). The van der Waals surface area contributed by atoms with E-state index in [1.54, 1.807) is 6.20 Å². The summed E-state index contributed by atoms with van der Waals surface area (Å²) in [5.74, 6) is 1.43. The van der Waals surface area contributed by atoms with E-state index in [-0.39, 0.29) is 6.03 Å². The number of hydrogen-bond donors (Lipinski definition) is 1. The average molecular weight is 289 g/mol. The lowest BCUT2D eigenvalue weighted by molar-refractivity contribution is 0.138. The normalized spacial score (nSPS) is 24.6. The molecule has 2 amide bonds. The maximum atomic E-state index is 12.6. The summed E-state index contributed by atoms with van der Waals surface area (Å²) in [6.07, 6.45) is 9.20. The SMILES string of the molecule is CN(C)c1ncncc1NC(=O)N1CCC[C@@H]2CCC[C@@H]21. The standard InChI is InChI=1S/C15H23N5O/c1-19(2)14-12(9-16-10-17-14)18-15(21)20-8-4-6-11-5-3-7-13(11)20/h9-11,13H,3-8H2,1-2H3,(H,18,21)/t11-,13-/m0/s1. The van der Waals surface area contributed by atoms with Gasteiger partial charge in [0.15, 0.2) is 5.82 Å². The van der Waals surface area contributed by atoms with E-state index in [4.69, 9.17) is 0 Å². The predicted octanol–water partition coefficient (Wildman–Crippen LogP) is 2.34. The number of carbonyl (C=O) groups excluding carboxylic acids is 1. The van der Waals surface area contributed by atoms with Gasteiger partial charge >= 0.3 is 6.03 Å². The molecule has 6 heteroatoms. The molecule has 2 aliphatic rings. The Morgan fingerprint density at radius 1 is 1.33 bits per heavy atom. The number of anilines is 2. The molecule has 1 saturated heterocycles. The third-order valence-electron chi connectivity index (χ3n) is 4.61. The predicted molar refractivity (Wildman–Crippen MR) is 82.4 cm³/mol. The van der Waals surface area contributed by atoms with Crippen molar-refractivity contribution in [2.75, 3.05) is 30.9 Å². The van der Waals surface area contributed by atoms with E-state index in [0.717, 1.165) is 25.2 Å². The molecule has 1 saturated carbocycles. The topological polar surface area (TPSA) is 61.4 Å². The number of nitrogens with zero attached hydrogens (tertiary/aromatic N) is 4. The number of aromatic nitrogens is 2. The number of likely N-dealkylation sites (tertiary alicyclic amines) is 1. The first-order valence-electron chi connectivity index (χ1n) is 7.72. The number of urea groups is 1. The molecule has 2 atom stereocenters. The van der Waals surface area contributed by atoms with Crippen molar-refractivity contribution in [3.8, 4) is 0 Å². The minimum atomic E-state index is -0.00972. The minimum Gasteiger partial charge on any atom is -0.361 e. The van der Waals surface area contributed by atoms with Gasteiger partial charge in [-0.2, -0.15) is 0 Å². The number of amides is 2. The first-order valence-corrected chi connectivity index (χ1v) is 7.72. The second kappa shape index (κ2) is 5.87. The van der Waals surface area contributed by atoms with Crippen LogP contribution in [0.4, 0.5) is 16.3 Å². The fraction of sp³-hybridized carbons (Fsp3) is 0.667. The van der Waals surface area contributed by atoms with Crippen molar-refractivity contribution in [3.05, 3.63) is 12.5 Å². The van der Waals surface area contributed by atoms with E-state index in [1.165, 1.54) is 25.6 Å². The highest BCUT2D eigenvalue weighted by Gasteiger charge is 2.37. The van der Waals surface area contributed by atoms with Crippen LogP contribution in [0.25, 0.3) is 0 Å². The highest BCUT2D eigenvalue weighted by molar-refractivity contribution is 5.92. The number of nitrogens with one attached hydrogen (secondary N) is 1. The van der Waals surface area contributed by atoms with Crippen LogP contribution in [0.2, 0.25) is 0 Å². The summed E-state index contributed by atoms with van der Waals surface area (Å²) in [6, 6.07) is 0.413. The van der Waals surface area contributed by atoms with Gasteiger partial charge < -0.3 is 15.1 Å². The van der Waals surface area contributed by atoms with Crippen molar-refractivity contribution in [1.29, 1.82) is 0 Å². The molecule has 0 bridgehead atoms. The van der Waals surface area contributed by atoms with Gasteiger partial charge in [-0.3, -0.25) is 0 Å². The second-order valence-electron chi connectivity index (χ2n) is 6.18. The summed E-state index contributed by atoms with van der Waals surface area (Å²) < 4.78 is 0. The van der Waals surface area contributed by atoms with Crippen LogP contribution in [0.15, 0.2) is 12.5 Å². The monoisotopic (exact) mass is 289 g/mol. The lowest BCUT2D eigenvalue weighted by atomic mass is 9.92. The van der Waals surface area contributed by atoms with Crippen molar-refractivity contribution >= 4 is 17.5 Å². The fourth-order valence-electron chi connectivity index (χ4n) is 3.66. The number of rotatable bonds is 2. The van der Waals surface area contributed by atoms with Gasteiger partial charge in [0.1, 0.15) is 12.0 Å². The molecular weight excluding hydrogens is 266 g/mol. The molecule has 21 heavy (non-hydrogen) atoms. The molecule has 2 fully saturated rings. The van der Waals surface area contributed by atoms with Crippen LogP contribution in [-0.2, 0) is 0 Å². The van der Waals surface area contributed by atoms with Crippen molar-refractivity contribution in [2.45, 2.75) is 38.1 Å². The summed E-state index contributed by atoms with van der Waals surface area (Å²) in [5.41, 5.74) is 0.674. The Kier molecular flexibility index (Phi) is 3.94. The number of hydrogen-bond acceptors (Lipinski definition) is 4. The van der Waals surface area contributed by atoms with Crippen LogP contribution in [-0.4, -0.2) is 47.6 Å². The number of carbonyl (C=O) groups is 1. The fourth-order valence-corrected chi connectivity index (χ4v) is 3.66. The van der Waals surface area contributed by atoms with Crippen LogP contribution in [0.3, 0.4) is 0 Å². The van der Waals surface area contributed by atoms with Gasteiger partial charge in [-0.15, -0.1) is 0 Å². The zero-order valence-corrected chi connectivity index (χ0v) is 12.7. The van der Waals surface area contributed by atoms with E-state index in [9.17, 15) is 4.79 Å². The Morgan fingerprint density at radius 2 is 2.14 bits per heavy atom.